The molecule has 0 aliphatic carbocycles. The smallest absolute Gasteiger partial charge is 0.490 e. The Bertz CT molecular complexity index is 1530. The zero-order valence-electron chi connectivity index (χ0n) is 25.0. The van der Waals surface area contributed by atoms with Crippen LogP contribution in [0.2, 0.25) is 0 Å². The van der Waals surface area contributed by atoms with Gasteiger partial charge in [-0.15, -0.1) is 0 Å². The van der Waals surface area contributed by atoms with Crippen molar-refractivity contribution in [2.75, 3.05) is 38.6 Å². The summed E-state index contributed by atoms with van der Waals surface area (Å²) in [7, 11) is 1.70. The van der Waals surface area contributed by atoms with E-state index in [0.717, 1.165) is 68.3 Å². The lowest BCUT2D eigenvalue weighted by Crippen LogP contribution is -2.30. The number of carbonyl (C=O) groups excluding carboxylic acids is 1. The van der Waals surface area contributed by atoms with E-state index in [4.69, 9.17) is 14.6 Å². The molecule has 1 aliphatic rings. The van der Waals surface area contributed by atoms with Crippen molar-refractivity contribution in [1.29, 1.82) is 0 Å². The van der Waals surface area contributed by atoms with Crippen molar-refractivity contribution in [3.63, 3.8) is 0 Å². The fraction of sp³-hybridized carbons (Fsp3) is 0.257. The molecule has 1 fully saturated rings. The summed E-state index contributed by atoms with van der Waals surface area (Å²) in [5.41, 5.74) is 6.26. The van der Waals surface area contributed by atoms with Crippen LogP contribution in [0.15, 0.2) is 103 Å². The molecule has 4 aromatic rings. The molecule has 236 valence electrons. The van der Waals surface area contributed by atoms with E-state index in [1.54, 1.807) is 7.11 Å². The minimum Gasteiger partial charge on any atom is -0.497 e. The molecule has 4 aromatic carbocycles. The molecule has 0 spiro atoms. The molecule has 0 bridgehead atoms. The molecule has 7 nitrogen and oxygen atoms in total. The normalized spacial score (nSPS) is 14.0. The van der Waals surface area contributed by atoms with Gasteiger partial charge in [0.25, 0.3) is 5.91 Å². The van der Waals surface area contributed by atoms with Crippen LogP contribution >= 0.6 is 0 Å². The lowest BCUT2D eigenvalue weighted by atomic mass is 10.0. The number of alkyl halides is 3. The first-order valence-corrected chi connectivity index (χ1v) is 14.5. The highest BCUT2D eigenvalue weighted by atomic mass is 19.4. The highest BCUT2D eigenvalue weighted by Gasteiger charge is 2.38. The third-order valence-electron chi connectivity index (χ3n) is 7.33. The van der Waals surface area contributed by atoms with Crippen LogP contribution in [0, 0.1) is 0 Å². The van der Waals surface area contributed by atoms with Gasteiger partial charge in [0, 0.05) is 37.4 Å². The summed E-state index contributed by atoms with van der Waals surface area (Å²) < 4.78 is 37.0. The number of hydrogen-bond acceptors (Lipinski definition) is 5. The van der Waals surface area contributed by atoms with Gasteiger partial charge in [0.15, 0.2) is 0 Å². The Labute approximate surface area is 260 Å². The lowest BCUT2D eigenvalue weighted by molar-refractivity contribution is -0.192. The average Bonchev–Trinajstić information content (AvgIpc) is 3.26. The van der Waals surface area contributed by atoms with Gasteiger partial charge >= 0.3 is 12.1 Å². The zero-order chi connectivity index (χ0) is 32.2. The highest BCUT2D eigenvalue weighted by molar-refractivity contribution is 6.04. The fourth-order valence-electron chi connectivity index (χ4n) is 4.98. The highest BCUT2D eigenvalue weighted by Crippen LogP contribution is 2.21. The predicted octanol–water partition coefficient (Wildman–Crippen LogP) is 6.96. The van der Waals surface area contributed by atoms with Gasteiger partial charge in [-0.1, -0.05) is 66.7 Å². The van der Waals surface area contributed by atoms with Crippen LogP contribution in [0.1, 0.15) is 27.9 Å². The minimum atomic E-state index is -5.08. The number of anilines is 1. The van der Waals surface area contributed by atoms with Crippen LogP contribution in [0.4, 0.5) is 18.9 Å². The molecule has 0 atom stereocenters. The van der Waals surface area contributed by atoms with Crippen molar-refractivity contribution in [2.45, 2.75) is 25.7 Å². The molecule has 2 N–H and O–H groups in total. The van der Waals surface area contributed by atoms with Gasteiger partial charge in [0.1, 0.15) is 5.75 Å². The molecule has 5 rings (SSSR count). The molecule has 1 heterocycles. The topological polar surface area (TPSA) is 82.1 Å². The van der Waals surface area contributed by atoms with E-state index >= 15 is 0 Å². The summed E-state index contributed by atoms with van der Waals surface area (Å²) in [6.45, 7) is 6.09. The number of carboxylic acids is 1. The number of methoxy groups -OCH3 is 1. The zero-order valence-corrected chi connectivity index (χ0v) is 25.0. The second kappa shape index (κ2) is 15.9. The number of amides is 1. The Morgan fingerprint density at radius 3 is 1.91 bits per heavy atom. The maximum Gasteiger partial charge on any atom is 0.490 e. The standard InChI is InChI=1S/C33H35N3O2.C2HF3O2/c1-38-32-17-11-26(12-18-32)24-35-19-6-20-36(22-21-35)25-27-7-5-10-31(23-27)34-33(37)30-15-13-29(14-16-30)28-8-3-2-4-9-28;3-2(4,5)1(6)7/h2-5,7-18,23H,6,19-22,24-25H2,1H3,(H,34,37);(H,6,7). The van der Waals surface area contributed by atoms with Gasteiger partial charge < -0.3 is 15.2 Å². The van der Waals surface area contributed by atoms with Gasteiger partial charge in [-0.3, -0.25) is 14.6 Å². The van der Waals surface area contributed by atoms with Crippen molar-refractivity contribution in [2.24, 2.45) is 0 Å². The molecule has 0 saturated carbocycles. The molecule has 0 unspecified atom stereocenters. The molecule has 0 aromatic heterocycles. The van der Waals surface area contributed by atoms with Crippen molar-refractivity contribution in [1.82, 2.24) is 9.80 Å². The van der Waals surface area contributed by atoms with Gasteiger partial charge in [-0.2, -0.15) is 13.2 Å². The Morgan fingerprint density at radius 1 is 0.756 bits per heavy atom. The molecular weight excluding hydrogens is 583 g/mol. The Morgan fingerprint density at radius 2 is 1.33 bits per heavy atom. The van der Waals surface area contributed by atoms with Crippen molar-refractivity contribution < 1.29 is 32.6 Å². The van der Waals surface area contributed by atoms with Gasteiger partial charge in [0.05, 0.1) is 7.11 Å². The van der Waals surface area contributed by atoms with E-state index in [1.165, 1.54) is 11.1 Å². The summed E-state index contributed by atoms with van der Waals surface area (Å²) in [5, 5.41) is 10.2. The third kappa shape index (κ3) is 10.5. The first-order chi connectivity index (χ1) is 21.6. The maximum atomic E-state index is 12.9. The summed E-state index contributed by atoms with van der Waals surface area (Å²) >= 11 is 0. The Kier molecular flexibility index (Phi) is 11.7. The van der Waals surface area contributed by atoms with E-state index in [9.17, 15) is 18.0 Å². The average molecular weight is 620 g/mol. The predicted molar refractivity (Wildman–Crippen MR) is 168 cm³/mol. The number of nitrogens with zero attached hydrogens (tertiary/aromatic N) is 2. The number of benzene rings is 4. The number of ether oxygens (including phenoxy) is 1. The molecule has 10 heteroatoms. The van der Waals surface area contributed by atoms with Crippen LogP contribution in [0.25, 0.3) is 11.1 Å². The number of hydrogen-bond donors (Lipinski definition) is 2. The number of aliphatic carboxylic acids is 1. The van der Waals surface area contributed by atoms with E-state index in [1.807, 2.05) is 66.7 Å². The summed E-state index contributed by atoms with van der Waals surface area (Å²) in [5.74, 6) is -1.95. The van der Waals surface area contributed by atoms with E-state index in [2.05, 4.69) is 51.5 Å². The monoisotopic (exact) mass is 619 g/mol. The lowest BCUT2D eigenvalue weighted by Gasteiger charge is -2.22. The van der Waals surface area contributed by atoms with Crippen molar-refractivity contribution >= 4 is 17.6 Å². The second-order valence-electron chi connectivity index (χ2n) is 10.7. The van der Waals surface area contributed by atoms with Crippen molar-refractivity contribution in [3.8, 4) is 16.9 Å². The number of carbonyl (C=O) groups is 2. The van der Waals surface area contributed by atoms with Gasteiger partial charge in [0.2, 0.25) is 0 Å². The van der Waals surface area contributed by atoms with E-state index in [0.29, 0.717) is 5.56 Å². The quantitative estimate of drug-likeness (QED) is 0.222. The Balaban J connectivity index is 0.000000591. The van der Waals surface area contributed by atoms with Gasteiger partial charge in [-0.05, 0) is 78.2 Å². The van der Waals surface area contributed by atoms with E-state index in [-0.39, 0.29) is 5.91 Å². The Hall–Kier alpha value is -4.67. The SMILES string of the molecule is COc1ccc(CN2CCCN(Cc3cccc(NC(=O)c4ccc(-c5ccccc5)cc4)c3)CC2)cc1.O=C(O)C(F)(F)F. The maximum absolute atomic E-state index is 12.9. The van der Waals surface area contributed by atoms with E-state index < -0.39 is 12.1 Å². The van der Waals surface area contributed by atoms with Gasteiger partial charge in [-0.25, -0.2) is 4.79 Å². The number of carboxylic acid groups (broad SMARTS) is 1. The van der Waals surface area contributed by atoms with Crippen LogP contribution in [0.3, 0.4) is 0 Å². The first-order valence-electron chi connectivity index (χ1n) is 14.5. The third-order valence-corrected chi connectivity index (χ3v) is 7.33. The largest absolute Gasteiger partial charge is 0.497 e. The van der Waals surface area contributed by atoms with Crippen LogP contribution in [-0.2, 0) is 17.9 Å². The fourth-order valence-corrected chi connectivity index (χ4v) is 4.98. The number of halogens is 3. The summed E-state index contributed by atoms with van der Waals surface area (Å²) in [4.78, 5) is 26.8. The minimum absolute atomic E-state index is 0.0919. The molecule has 1 amide bonds. The summed E-state index contributed by atoms with van der Waals surface area (Å²) in [6, 6.07) is 34.5. The van der Waals surface area contributed by atoms with Crippen LogP contribution < -0.4 is 10.1 Å². The van der Waals surface area contributed by atoms with Crippen molar-refractivity contribution in [3.05, 3.63) is 120 Å². The molecule has 0 radical (unpaired) electrons. The molecule has 1 aliphatic heterocycles. The summed E-state index contributed by atoms with van der Waals surface area (Å²) in [6.07, 6.45) is -3.94. The molecular formula is C35H36F3N3O4. The second-order valence-corrected chi connectivity index (χ2v) is 10.7. The van der Waals surface area contributed by atoms with Crippen LogP contribution in [0.5, 0.6) is 5.75 Å². The number of nitrogens with one attached hydrogen (secondary N) is 1. The number of rotatable bonds is 8. The first kappa shape index (κ1) is 33.2. The molecule has 1 saturated heterocycles. The molecule has 45 heavy (non-hydrogen) atoms. The van der Waals surface area contributed by atoms with Crippen LogP contribution in [-0.4, -0.2) is 66.2 Å².